The van der Waals surface area contributed by atoms with Crippen LogP contribution in [-0.4, -0.2) is 34.9 Å². The number of nitrogens with two attached hydrogens (primary N) is 1. The Morgan fingerprint density at radius 2 is 1.89 bits per heavy atom. The Bertz CT molecular complexity index is 911. The van der Waals surface area contributed by atoms with Gasteiger partial charge in [0.15, 0.2) is 0 Å². The number of rotatable bonds is 3. The molecule has 146 valence electrons. The standard InChI is InChI=1S/C19H21BrN6O2/c20-11-4-6-12(7-5-11)22-18(28)13-10-14(27)23-17-15(13)16(21)24-19(25-17)26-8-2-1-3-9-26/h4-7,13H,1-3,8-10H2,(H,22,28)(H3,21,23,24,25,27). The fraction of sp³-hybridized carbons (Fsp3) is 0.368. The van der Waals surface area contributed by atoms with Crippen LogP contribution in [0.1, 0.15) is 37.2 Å². The minimum Gasteiger partial charge on any atom is -0.383 e. The van der Waals surface area contributed by atoms with Crippen molar-refractivity contribution in [3.8, 4) is 0 Å². The molecule has 4 rings (SSSR count). The van der Waals surface area contributed by atoms with Crippen LogP contribution < -0.4 is 21.3 Å². The number of hydrogen-bond donors (Lipinski definition) is 3. The number of carbonyl (C=O) groups is 2. The second-order valence-electron chi connectivity index (χ2n) is 7.02. The van der Waals surface area contributed by atoms with Gasteiger partial charge in [0.2, 0.25) is 17.8 Å². The summed E-state index contributed by atoms with van der Waals surface area (Å²) in [5, 5.41) is 5.60. The molecule has 1 fully saturated rings. The van der Waals surface area contributed by atoms with Crippen molar-refractivity contribution in [3.63, 3.8) is 0 Å². The molecule has 1 aromatic heterocycles. The highest BCUT2D eigenvalue weighted by molar-refractivity contribution is 9.10. The summed E-state index contributed by atoms with van der Waals surface area (Å²) in [5.74, 6) is -0.222. The van der Waals surface area contributed by atoms with E-state index in [2.05, 4.69) is 41.4 Å². The number of halogens is 1. The van der Waals surface area contributed by atoms with Crippen molar-refractivity contribution in [1.29, 1.82) is 0 Å². The van der Waals surface area contributed by atoms with Crippen molar-refractivity contribution in [1.82, 2.24) is 9.97 Å². The number of aromatic nitrogens is 2. The lowest BCUT2D eigenvalue weighted by molar-refractivity contribution is -0.123. The van der Waals surface area contributed by atoms with Gasteiger partial charge in [0.25, 0.3) is 0 Å². The van der Waals surface area contributed by atoms with Crippen LogP contribution >= 0.6 is 15.9 Å². The van der Waals surface area contributed by atoms with E-state index in [9.17, 15) is 9.59 Å². The molecule has 0 spiro atoms. The Kier molecular flexibility index (Phi) is 5.17. The molecule has 2 aromatic rings. The maximum atomic E-state index is 12.9. The van der Waals surface area contributed by atoms with Crippen LogP contribution in [0, 0.1) is 0 Å². The number of carbonyl (C=O) groups excluding carboxylic acids is 2. The minimum atomic E-state index is -0.734. The summed E-state index contributed by atoms with van der Waals surface area (Å²) in [6, 6.07) is 7.23. The molecule has 9 heteroatoms. The topological polar surface area (TPSA) is 113 Å². The quantitative estimate of drug-likeness (QED) is 0.670. The number of amides is 2. The number of hydrogen-bond acceptors (Lipinski definition) is 6. The molecule has 3 heterocycles. The average molecular weight is 445 g/mol. The van der Waals surface area contributed by atoms with Crippen LogP contribution in [0.15, 0.2) is 28.7 Å². The molecule has 28 heavy (non-hydrogen) atoms. The number of nitrogens with zero attached hydrogens (tertiary/aromatic N) is 3. The number of nitrogen functional groups attached to an aromatic ring is 1. The second-order valence-corrected chi connectivity index (χ2v) is 7.94. The molecule has 0 bridgehead atoms. The molecule has 1 aromatic carbocycles. The zero-order valence-corrected chi connectivity index (χ0v) is 16.8. The first kappa shape index (κ1) is 18.7. The zero-order chi connectivity index (χ0) is 19.7. The Labute approximate surface area is 171 Å². The number of piperidine rings is 1. The van der Waals surface area contributed by atoms with E-state index in [0.29, 0.717) is 23.0 Å². The van der Waals surface area contributed by atoms with Gasteiger partial charge in [-0.05, 0) is 43.5 Å². The van der Waals surface area contributed by atoms with E-state index in [-0.39, 0.29) is 24.1 Å². The number of anilines is 4. The van der Waals surface area contributed by atoms with Gasteiger partial charge in [0.1, 0.15) is 11.6 Å². The van der Waals surface area contributed by atoms with Crippen LogP contribution in [0.3, 0.4) is 0 Å². The predicted octanol–water partition coefficient (Wildman–Crippen LogP) is 2.88. The van der Waals surface area contributed by atoms with Gasteiger partial charge in [-0.2, -0.15) is 9.97 Å². The van der Waals surface area contributed by atoms with E-state index >= 15 is 0 Å². The van der Waals surface area contributed by atoms with Gasteiger partial charge in [-0.15, -0.1) is 0 Å². The Balaban J connectivity index is 1.63. The summed E-state index contributed by atoms with van der Waals surface area (Å²) in [5.41, 5.74) is 7.35. The lowest BCUT2D eigenvalue weighted by atomic mass is 9.92. The number of benzene rings is 1. The monoisotopic (exact) mass is 444 g/mol. The normalized spacial score (nSPS) is 19.0. The fourth-order valence-corrected chi connectivity index (χ4v) is 3.87. The van der Waals surface area contributed by atoms with Gasteiger partial charge in [-0.3, -0.25) is 9.59 Å². The minimum absolute atomic E-state index is 0.00593. The first-order chi connectivity index (χ1) is 13.5. The van der Waals surface area contributed by atoms with Crippen LogP contribution in [0.4, 0.5) is 23.3 Å². The molecule has 1 atom stereocenters. The largest absolute Gasteiger partial charge is 0.383 e. The number of fused-ring (bicyclic) bond motifs is 1. The third kappa shape index (κ3) is 3.80. The van der Waals surface area contributed by atoms with E-state index in [4.69, 9.17) is 5.73 Å². The van der Waals surface area contributed by atoms with Crippen LogP contribution in [0.5, 0.6) is 0 Å². The molecular weight excluding hydrogens is 424 g/mol. The zero-order valence-electron chi connectivity index (χ0n) is 15.2. The highest BCUT2D eigenvalue weighted by Gasteiger charge is 2.35. The molecule has 0 saturated carbocycles. The van der Waals surface area contributed by atoms with Gasteiger partial charge in [0.05, 0.1) is 11.5 Å². The highest BCUT2D eigenvalue weighted by Crippen LogP contribution is 2.37. The number of nitrogens with one attached hydrogen (secondary N) is 2. The fourth-order valence-electron chi connectivity index (χ4n) is 3.61. The van der Waals surface area contributed by atoms with Crippen molar-refractivity contribution in [3.05, 3.63) is 34.3 Å². The van der Waals surface area contributed by atoms with Crippen molar-refractivity contribution in [2.45, 2.75) is 31.6 Å². The Morgan fingerprint density at radius 3 is 2.61 bits per heavy atom. The maximum absolute atomic E-state index is 12.9. The van der Waals surface area contributed by atoms with E-state index in [1.165, 1.54) is 6.42 Å². The molecule has 0 aliphatic carbocycles. The molecule has 0 radical (unpaired) electrons. The molecule has 2 amide bonds. The predicted molar refractivity (Wildman–Crippen MR) is 111 cm³/mol. The first-order valence-electron chi connectivity index (χ1n) is 9.30. The molecular formula is C19H21BrN6O2. The molecule has 2 aliphatic rings. The van der Waals surface area contributed by atoms with E-state index < -0.39 is 5.92 Å². The van der Waals surface area contributed by atoms with Gasteiger partial charge >= 0.3 is 0 Å². The Morgan fingerprint density at radius 1 is 1.18 bits per heavy atom. The van der Waals surface area contributed by atoms with Gasteiger partial charge in [-0.25, -0.2) is 0 Å². The first-order valence-corrected chi connectivity index (χ1v) is 10.1. The SMILES string of the molecule is Nc1nc(N2CCCCC2)nc2c1C(C(=O)Nc1ccc(Br)cc1)CC(=O)N2. The smallest absolute Gasteiger partial charge is 0.232 e. The molecule has 1 unspecified atom stereocenters. The van der Waals surface area contributed by atoms with Crippen molar-refractivity contribution >= 4 is 51.0 Å². The summed E-state index contributed by atoms with van der Waals surface area (Å²) < 4.78 is 0.913. The average Bonchev–Trinajstić information content (AvgIpc) is 2.69. The lowest BCUT2D eigenvalue weighted by Gasteiger charge is -2.30. The van der Waals surface area contributed by atoms with Crippen LogP contribution in [0.25, 0.3) is 0 Å². The highest BCUT2D eigenvalue weighted by atomic mass is 79.9. The molecule has 1 saturated heterocycles. The Hall–Kier alpha value is -2.68. The van der Waals surface area contributed by atoms with Gasteiger partial charge < -0.3 is 21.3 Å². The molecule has 2 aliphatic heterocycles. The summed E-state index contributed by atoms with van der Waals surface area (Å²) in [4.78, 5) is 36.1. The third-order valence-electron chi connectivity index (χ3n) is 5.03. The van der Waals surface area contributed by atoms with Crippen molar-refractivity contribution in [2.75, 3.05) is 34.4 Å². The van der Waals surface area contributed by atoms with E-state index in [1.54, 1.807) is 12.1 Å². The third-order valence-corrected chi connectivity index (χ3v) is 5.55. The lowest BCUT2D eigenvalue weighted by Crippen LogP contribution is -2.35. The second kappa shape index (κ2) is 7.75. The van der Waals surface area contributed by atoms with Gasteiger partial charge in [-0.1, -0.05) is 15.9 Å². The summed E-state index contributed by atoms with van der Waals surface area (Å²) in [6.07, 6.45) is 3.34. The maximum Gasteiger partial charge on any atom is 0.232 e. The van der Waals surface area contributed by atoms with Crippen LogP contribution in [-0.2, 0) is 9.59 Å². The van der Waals surface area contributed by atoms with Crippen LogP contribution in [0.2, 0.25) is 0 Å². The molecule has 8 nitrogen and oxygen atoms in total. The molecule has 4 N–H and O–H groups in total. The summed E-state index contributed by atoms with van der Waals surface area (Å²) >= 11 is 3.36. The van der Waals surface area contributed by atoms with E-state index in [1.807, 2.05) is 12.1 Å². The summed E-state index contributed by atoms with van der Waals surface area (Å²) in [7, 11) is 0. The van der Waals surface area contributed by atoms with E-state index in [0.717, 1.165) is 30.4 Å². The van der Waals surface area contributed by atoms with Gasteiger partial charge in [0, 0.05) is 29.7 Å². The van der Waals surface area contributed by atoms with Crippen molar-refractivity contribution < 1.29 is 9.59 Å². The summed E-state index contributed by atoms with van der Waals surface area (Å²) in [6.45, 7) is 1.72. The van der Waals surface area contributed by atoms with Crippen molar-refractivity contribution in [2.24, 2.45) is 0 Å².